The van der Waals surface area contributed by atoms with Gasteiger partial charge in [0.15, 0.2) is 0 Å². The molecule has 0 bridgehead atoms. The fraction of sp³-hybridized carbons (Fsp3) is 0.381. The Hall–Kier alpha value is -2.49. The average molecular weight is 340 g/mol. The van der Waals surface area contributed by atoms with Gasteiger partial charge in [-0.05, 0) is 60.1 Å². The first-order valence-corrected chi connectivity index (χ1v) is 8.69. The molecular weight excluding hydrogens is 316 g/mol. The van der Waals surface area contributed by atoms with Crippen molar-refractivity contribution in [2.24, 2.45) is 17.8 Å². The summed E-state index contributed by atoms with van der Waals surface area (Å²) in [5.74, 6) is -0.594. The molecule has 1 fully saturated rings. The molecule has 0 heterocycles. The lowest BCUT2D eigenvalue weighted by Gasteiger charge is -2.50. The van der Waals surface area contributed by atoms with Crippen LogP contribution < -0.4 is 0 Å². The van der Waals surface area contributed by atoms with Crippen molar-refractivity contribution in [2.45, 2.75) is 32.1 Å². The molecule has 4 heteroatoms. The molecule has 25 heavy (non-hydrogen) atoms. The van der Waals surface area contributed by atoms with Crippen molar-refractivity contribution in [3.8, 4) is 11.5 Å². The maximum absolute atomic E-state index is 12.2. The third-order valence-electron chi connectivity index (χ3n) is 6.02. The Bertz CT molecular complexity index is 703. The second-order valence-electron chi connectivity index (χ2n) is 7.20. The van der Waals surface area contributed by atoms with Gasteiger partial charge in [0, 0.05) is 5.41 Å². The first-order chi connectivity index (χ1) is 11.9. The van der Waals surface area contributed by atoms with Crippen LogP contribution in [0.15, 0.2) is 48.5 Å². The molecule has 0 aliphatic heterocycles. The zero-order valence-corrected chi connectivity index (χ0v) is 14.5. The Balaban J connectivity index is 2.30. The molecule has 3 N–H and O–H groups in total. The number of phenols is 2. The van der Waals surface area contributed by atoms with Gasteiger partial charge in [-0.15, -0.1) is 0 Å². The number of aliphatic carboxylic acids is 1. The first-order valence-electron chi connectivity index (χ1n) is 8.69. The van der Waals surface area contributed by atoms with Crippen LogP contribution in [0.3, 0.4) is 0 Å². The molecule has 1 saturated carbocycles. The quantitative estimate of drug-likeness (QED) is 0.784. The predicted molar refractivity (Wildman–Crippen MR) is 95.7 cm³/mol. The molecule has 1 aliphatic rings. The minimum atomic E-state index is -0.806. The van der Waals surface area contributed by atoms with Crippen molar-refractivity contribution in [1.29, 1.82) is 0 Å². The van der Waals surface area contributed by atoms with Gasteiger partial charge in [-0.1, -0.05) is 38.1 Å². The highest BCUT2D eigenvalue weighted by Gasteiger charge is 2.53. The zero-order valence-electron chi connectivity index (χ0n) is 14.5. The lowest BCUT2D eigenvalue weighted by atomic mass is 9.52. The third-order valence-corrected chi connectivity index (χ3v) is 6.02. The van der Waals surface area contributed by atoms with Crippen LogP contribution in [0, 0.1) is 17.8 Å². The van der Waals surface area contributed by atoms with Crippen LogP contribution in [-0.4, -0.2) is 21.3 Å². The summed E-state index contributed by atoms with van der Waals surface area (Å²) in [6.07, 6.45) is 1.47. The van der Waals surface area contributed by atoms with E-state index in [9.17, 15) is 20.1 Å². The molecule has 3 atom stereocenters. The molecule has 0 amide bonds. The fourth-order valence-corrected chi connectivity index (χ4v) is 4.56. The summed E-state index contributed by atoms with van der Waals surface area (Å²) in [5.41, 5.74) is 1.08. The Morgan fingerprint density at radius 1 is 0.880 bits per heavy atom. The Morgan fingerprint density at radius 2 is 1.32 bits per heavy atom. The summed E-state index contributed by atoms with van der Waals surface area (Å²) >= 11 is 0. The minimum Gasteiger partial charge on any atom is -0.508 e. The van der Waals surface area contributed by atoms with E-state index in [0.29, 0.717) is 12.3 Å². The van der Waals surface area contributed by atoms with E-state index in [2.05, 4.69) is 13.8 Å². The van der Waals surface area contributed by atoms with Crippen molar-refractivity contribution in [1.82, 2.24) is 0 Å². The van der Waals surface area contributed by atoms with Gasteiger partial charge in [0.25, 0.3) is 0 Å². The zero-order chi connectivity index (χ0) is 18.2. The minimum absolute atomic E-state index is 0.0939. The standard InChI is InChI=1S/C21H24O4/c1-13-3-12-19(20(24)25)21(14(13)2,15-4-8-17(22)9-5-15)16-6-10-18(23)11-7-16/h4-11,13-14,19,22-23H,3,12H2,1-2H3,(H,24,25). The van der Waals surface area contributed by atoms with Gasteiger partial charge in [0.05, 0.1) is 5.92 Å². The number of rotatable bonds is 3. The molecule has 0 aromatic heterocycles. The molecule has 1 aliphatic carbocycles. The number of benzene rings is 2. The normalized spacial score (nSPS) is 25.4. The smallest absolute Gasteiger partial charge is 0.307 e. The summed E-state index contributed by atoms with van der Waals surface area (Å²) in [5, 5.41) is 29.4. The molecule has 0 saturated heterocycles. The topological polar surface area (TPSA) is 77.8 Å². The van der Waals surface area contributed by atoms with E-state index in [1.165, 1.54) is 0 Å². The highest BCUT2D eigenvalue weighted by atomic mass is 16.4. The number of hydrogen-bond acceptors (Lipinski definition) is 3. The Kier molecular flexibility index (Phi) is 4.46. The molecule has 0 spiro atoms. The second kappa shape index (κ2) is 6.43. The number of phenolic OH excluding ortho intramolecular Hbond substituents is 2. The maximum atomic E-state index is 12.2. The van der Waals surface area contributed by atoms with E-state index in [4.69, 9.17) is 0 Å². The van der Waals surface area contributed by atoms with E-state index in [1.54, 1.807) is 24.3 Å². The summed E-state index contributed by atoms with van der Waals surface area (Å²) in [4.78, 5) is 12.2. The summed E-state index contributed by atoms with van der Waals surface area (Å²) in [6.45, 7) is 4.28. The van der Waals surface area contributed by atoms with Crippen LogP contribution in [-0.2, 0) is 10.2 Å². The van der Waals surface area contributed by atoms with Crippen LogP contribution in [0.5, 0.6) is 11.5 Å². The van der Waals surface area contributed by atoms with Gasteiger partial charge >= 0.3 is 5.97 Å². The number of carboxylic acid groups (broad SMARTS) is 1. The highest BCUT2D eigenvalue weighted by Crippen LogP contribution is 2.54. The second-order valence-corrected chi connectivity index (χ2v) is 7.20. The SMILES string of the molecule is CC1CCC(C(=O)O)C(c2ccc(O)cc2)(c2ccc(O)cc2)C1C. The predicted octanol–water partition coefficient (Wildman–Crippen LogP) is 4.15. The average Bonchev–Trinajstić information content (AvgIpc) is 2.59. The van der Waals surface area contributed by atoms with E-state index in [0.717, 1.165) is 17.5 Å². The number of hydrogen-bond donors (Lipinski definition) is 3. The van der Waals surface area contributed by atoms with Gasteiger partial charge in [0.1, 0.15) is 11.5 Å². The summed E-state index contributed by atoms with van der Waals surface area (Å²) < 4.78 is 0. The molecule has 4 nitrogen and oxygen atoms in total. The van der Waals surface area contributed by atoms with Crippen LogP contribution in [0.2, 0.25) is 0 Å². The maximum Gasteiger partial charge on any atom is 0.307 e. The third kappa shape index (κ3) is 2.76. The first kappa shape index (κ1) is 17.3. The number of aromatic hydroxyl groups is 2. The molecule has 132 valence electrons. The number of carbonyl (C=O) groups is 1. The lowest BCUT2D eigenvalue weighted by Crippen LogP contribution is -2.51. The van der Waals surface area contributed by atoms with Crippen molar-refractivity contribution >= 4 is 5.97 Å². The lowest BCUT2D eigenvalue weighted by molar-refractivity contribution is -0.147. The Labute approximate surface area is 147 Å². The van der Waals surface area contributed by atoms with Gasteiger partial charge in [0.2, 0.25) is 0 Å². The molecular formula is C21H24O4. The van der Waals surface area contributed by atoms with Gasteiger partial charge in [-0.2, -0.15) is 0 Å². The van der Waals surface area contributed by atoms with E-state index >= 15 is 0 Å². The van der Waals surface area contributed by atoms with E-state index in [1.807, 2.05) is 24.3 Å². The van der Waals surface area contributed by atoms with Gasteiger partial charge in [-0.3, -0.25) is 4.79 Å². The molecule has 2 aromatic carbocycles. The van der Waals surface area contributed by atoms with Gasteiger partial charge in [-0.25, -0.2) is 0 Å². The molecule has 3 unspecified atom stereocenters. The molecule has 2 aromatic rings. The van der Waals surface area contributed by atoms with Crippen molar-refractivity contribution in [2.75, 3.05) is 0 Å². The van der Waals surface area contributed by atoms with Crippen LogP contribution in [0.1, 0.15) is 37.8 Å². The van der Waals surface area contributed by atoms with Crippen molar-refractivity contribution in [3.05, 3.63) is 59.7 Å². The van der Waals surface area contributed by atoms with Gasteiger partial charge < -0.3 is 15.3 Å². The summed E-state index contributed by atoms with van der Waals surface area (Å²) in [6, 6.07) is 13.8. The van der Waals surface area contributed by atoms with Crippen molar-refractivity contribution in [3.63, 3.8) is 0 Å². The molecule has 3 rings (SSSR count). The highest BCUT2D eigenvalue weighted by molar-refractivity contribution is 5.74. The van der Waals surface area contributed by atoms with Crippen LogP contribution in [0.25, 0.3) is 0 Å². The van der Waals surface area contributed by atoms with E-state index in [-0.39, 0.29) is 17.4 Å². The molecule has 0 radical (unpaired) electrons. The van der Waals surface area contributed by atoms with Crippen molar-refractivity contribution < 1.29 is 20.1 Å². The van der Waals surface area contributed by atoms with Crippen LogP contribution >= 0.6 is 0 Å². The largest absolute Gasteiger partial charge is 0.508 e. The fourth-order valence-electron chi connectivity index (χ4n) is 4.56. The van der Waals surface area contributed by atoms with Crippen LogP contribution in [0.4, 0.5) is 0 Å². The monoisotopic (exact) mass is 340 g/mol. The number of carboxylic acids is 1. The summed E-state index contributed by atoms with van der Waals surface area (Å²) in [7, 11) is 0. The van der Waals surface area contributed by atoms with E-state index < -0.39 is 17.3 Å². The Morgan fingerprint density at radius 3 is 1.72 bits per heavy atom.